The monoisotopic (exact) mass is 756 g/mol. The number of aromatic nitrogens is 2. The van der Waals surface area contributed by atoms with Crippen molar-refractivity contribution in [1.29, 1.82) is 0 Å². The van der Waals surface area contributed by atoms with Crippen LogP contribution >= 0.6 is 22.9 Å². The van der Waals surface area contributed by atoms with Gasteiger partial charge in [-0.15, -0.1) is 11.3 Å². The number of aliphatic carboxylic acids is 1. The third-order valence-electron chi connectivity index (χ3n) is 11.7. The van der Waals surface area contributed by atoms with Gasteiger partial charge in [0.05, 0.1) is 41.1 Å². The number of aliphatic hydroxyl groups is 1. The summed E-state index contributed by atoms with van der Waals surface area (Å²) in [4.78, 5) is 72.1. The molecule has 2 aliphatic heterocycles. The number of anilines is 1. The Labute approximate surface area is 313 Å². The highest BCUT2D eigenvalue weighted by atomic mass is 35.5. The number of allylic oxidation sites excluding steroid dienone is 2. The molecule has 3 fully saturated rings. The van der Waals surface area contributed by atoms with E-state index in [1.807, 2.05) is 43.3 Å². The second kappa shape index (κ2) is 12.9. The summed E-state index contributed by atoms with van der Waals surface area (Å²) in [5.41, 5.74) is 1.67. The van der Waals surface area contributed by atoms with Crippen LogP contribution in [-0.4, -0.2) is 74.2 Å². The van der Waals surface area contributed by atoms with Gasteiger partial charge in [0.1, 0.15) is 23.9 Å². The van der Waals surface area contributed by atoms with Gasteiger partial charge >= 0.3 is 5.97 Å². The summed E-state index contributed by atoms with van der Waals surface area (Å²) in [6, 6.07) is 14.7. The Balaban J connectivity index is 1.24. The zero-order valence-electron chi connectivity index (χ0n) is 29.2. The van der Waals surface area contributed by atoms with Crippen molar-refractivity contribution in [3.8, 4) is 16.3 Å². The Kier molecular flexibility index (Phi) is 8.58. The number of aryl methyl sites for hydroxylation is 2. The summed E-state index contributed by atoms with van der Waals surface area (Å²) >= 11 is 7.85. The number of amides is 4. The van der Waals surface area contributed by atoms with Gasteiger partial charge in [0.2, 0.25) is 23.6 Å². The second-order valence-electron chi connectivity index (χ2n) is 14.5. The van der Waals surface area contributed by atoms with Crippen LogP contribution in [0.4, 0.5) is 5.82 Å². The van der Waals surface area contributed by atoms with E-state index in [0.717, 1.165) is 31.0 Å². The fourth-order valence-corrected chi connectivity index (χ4v) is 10.6. The standard InChI is InChI=1S/C39H37ClN4O8S/c1-19-24-16-20(40)8-11-29(24)53-34(19)27-18-30(42(3)41-27)44-36(49)26-17-25-21(9-10-23-32(25)37(50)43(35(23)48)13-12-31(46)47)33(39(26,2)38(44)51)22-6-4-5-7-28(22)52-15-14-45/h4-9,11,16,18,23,25-26,32-33,45H,10,12-15,17H2,1-3H3,(H,46,47)/t23-,25+,26-,32-,33+,39+/m0/s1. The van der Waals surface area contributed by atoms with Crippen molar-refractivity contribution in [3.05, 3.63) is 76.3 Å². The van der Waals surface area contributed by atoms with Gasteiger partial charge in [-0.2, -0.15) is 5.10 Å². The van der Waals surface area contributed by atoms with Crippen LogP contribution in [-0.2, 0) is 31.0 Å². The largest absolute Gasteiger partial charge is 0.491 e. The number of carbonyl (C=O) groups excluding carboxylic acids is 4. The first-order chi connectivity index (χ1) is 25.4. The van der Waals surface area contributed by atoms with Crippen LogP contribution in [0.5, 0.6) is 5.75 Å². The average Bonchev–Trinajstić information content (AvgIpc) is 3.80. The quantitative estimate of drug-likeness (QED) is 0.170. The van der Waals surface area contributed by atoms with Gasteiger partial charge in [0, 0.05) is 40.9 Å². The summed E-state index contributed by atoms with van der Waals surface area (Å²) < 4.78 is 8.57. The Morgan fingerprint density at radius 3 is 2.60 bits per heavy atom. The van der Waals surface area contributed by atoms with Gasteiger partial charge in [0.15, 0.2) is 0 Å². The van der Waals surface area contributed by atoms with Crippen molar-refractivity contribution >= 4 is 68.4 Å². The number of halogens is 1. The summed E-state index contributed by atoms with van der Waals surface area (Å²) in [5, 5.41) is 25.3. The first-order valence-corrected chi connectivity index (χ1v) is 18.8. The minimum atomic E-state index is -1.33. The highest BCUT2D eigenvalue weighted by Gasteiger charge is 2.68. The van der Waals surface area contributed by atoms with Crippen molar-refractivity contribution in [3.63, 3.8) is 0 Å². The maximum absolute atomic E-state index is 15.1. The molecule has 2 saturated heterocycles. The summed E-state index contributed by atoms with van der Waals surface area (Å²) in [6.07, 6.45) is 1.95. The number of ether oxygens (including phenoxy) is 1. The lowest BCUT2D eigenvalue weighted by molar-refractivity contribution is -0.142. The van der Waals surface area contributed by atoms with Gasteiger partial charge in [-0.25, -0.2) is 4.90 Å². The van der Waals surface area contributed by atoms with Crippen LogP contribution in [0.2, 0.25) is 5.02 Å². The summed E-state index contributed by atoms with van der Waals surface area (Å²) in [5.74, 6) is -5.74. The van der Waals surface area contributed by atoms with Crippen molar-refractivity contribution < 1.29 is 38.9 Å². The molecular formula is C39H37ClN4O8S. The molecule has 6 atom stereocenters. The highest BCUT2D eigenvalue weighted by molar-refractivity contribution is 7.22. The minimum absolute atomic E-state index is 0.00271. The van der Waals surface area contributed by atoms with Gasteiger partial charge < -0.3 is 14.9 Å². The molecule has 2 aromatic carbocycles. The molecule has 2 aromatic heterocycles. The van der Waals surface area contributed by atoms with E-state index in [2.05, 4.69) is 0 Å². The third kappa shape index (κ3) is 5.26. The van der Waals surface area contributed by atoms with Crippen LogP contribution in [0.1, 0.15) is 43.2 Å². The fourth-order valence-electron chi connectivity index (χ4n) is 9.29. The molecular weight excluding hydrogens is 720 g/mol. The zero-order valence-corrected chi connectivity index (χ0v) is 30.8. The van der Waals surface area contributed by atoms with Crippen LogP contribution in [0.25, 0.3) is 20.7 Å². The van der Waals surface area contributed by atoms with E-state index in [9.17, 15) is 29.4 Å². The number of hydrogen-bond donors (Lipinski definition) is 2. The third-order valence-corrected chi connectivity index (χ3v) is 13.2. The number of likely N-dealkylation sites (tertiary alicyclic amines) is 1. The lowest BCUT2D eigenvalue weighted by Crippen LogP contribution is -2.49. The van der Waals surface area contributed by atoms with Gasteiger partial charge in [-0.3, -0.25) is 33.6 Å². The predicted octanol–water partition coefficient (Wildman–Crippen LogP) is 5.34. The van der Waals surface area contributed by atoms with E-state index in [-0.39, 0.29) is 39.0 Å². The molecule has 53 heavy (non-hydrogen) atoms. The first kappa shape index (κ1) is 35.2. The number of carboxylic acids is 1. The van der Waals surface area contributed by atoms with Crippen molar-refractivity contribution in [2.75, 3.05) is 24.7 Å². The maximum Gasteiger partial charge on any atom is 0.305 e. The lowest BCUT2D eigenvalue weighted by atomic mass is 9.51. The van der Waals surface area contributed by atoms with Crippen LogP contribution in [0, 0.1) is 36.0 Å². The number of hydrogen-bond acceptors (Lipinski definition) is 9. The van der Waals surface area contributed by atoms with E-state index >= 15 is 4.79 Å². The van der Waals surface area contributed by atoms with E-state index in [1.54, 1.807) is 43.5 Å². The zero-order chi connectivity index (χ0) is 37.5. The number of rotatable bonds is 9. The molecule has 8 rings (SSSR count). The highest BCUT2D eigenvalue weighted by Crippen LogP contribution is 2.64. The van der Waals surface area contributed by atoms with Crippen LogP contribution in [0.3, 0.4) is 0 Å². The van der Waals surface area contributed by atoms with Gasteiger partial charge in [-0.1, -0.05) is 41.4 Å². The molecule has 14 heteroatoms. The normalized spacial score (nSPS) is 26.6. The number of imide groups is 2. The molecule has 4 aromatic rings. The average molecular weight is 757 g/mol. The molecule has 4 amide bonds. The Morgan fingerprint density at radius 2 is 1.85 bits per heavy atom. The molecule has 0 bridgehead atoms. The predicted molar refractivity (Wildman–Crippen MR) is 196 cm³/mol. The molecule has 0 unspecified atom stereocenters. The maximum atomic E-state index is 15.1. The Hall–Kier alpha value is -4.85. The number of para-hydroxylation sites is 1. The van der Waals surface area contributed by atoms with Crippen LogP contribution < -0.4 is 9.64 Å². The Bertz CT molecular complexity index is 2280. The van der Waals surface area contributed by atoms with Crippen molar-refractivity contribution in [2.24, 2.45) is 36.1 Å². The molecule has 12 nitrogen and oxygen atoms in total. The van der Waals surface area contributed by atoms with Crippen molar-refractivity contribution in [1.82, 2.24) is 14.7 Å². The molecule has 4 aliphatic rings. The van der Waals surface area contributed by atoms with Crippen molar-refractivity contribution in [2.45, 2.75) is 39.0 Å². The van der Waals surface area contributed by atoms with Gasteiger partial charge in [0.25, 0.3) is 0 Å². The first-order valence-electron chi connectivity index (χ1n) is 17.6. The SMILES string of the molecule is Cc1c(-c2cc(N3C(=O)[C@@H]4C[C@@H]5C(=CC[C@@H]6C(=O)N(CCC(=O)O)C(=O)[C@@H]65)[C@H](c5ccccc5OCCO)[C@]4(C)C3=O)n(C)n2)sc2ccc(Cl)cc12. The van der Waals surface area contributed by atoms with E-state index in [0.29, 0.717) is 27.8 Å². The van der Waals surface area contributed by atoms with E-state index < -0.39 is 64.6 Å². The Morgan fingerprint density at radius 1 is 1.08 bits per heavy atom. The topological polar surface area (TPSA) is 159 Å². The molecule has 1 saturated carbocycles. The number of fused-ring (bicyclic) bond motifs is 5. The number of carbonyl (C=O) groups is 5. The van der Waals surface area contributed by atoms with E-state index in [4.69, 9.17) is 21.4 Å². The molecule has 274 valence electrons. The number of carboxylic acid groups (broad SMARTS) is 1. The lowest BCUT2D eigenvalue weighted by Gasteiger charge is -2.49. The molecule has 0 radical (unpaired) electrons. The second-order valence-corrected chi connectivity index (χ2v) is 15.9. The van der Waals surface area contributed by atoms with Crippen LogP contribution in [0.15, 0.2) is 60.2 Å². The molecule has 2 N–H and O–H groups in total. The smallest absolute Gasteiger partial charge is 0.305 e. The summed E-state index contributed by atoms with van der Waals surface area (Å²) in [7, 11) is 1.69. The van der Waals surface area contributed by atoms with Gasteiger partial charge in [-0.05, 0) is 67.8 Å². The summed E-state index contributed by atoms with van der Waals surface area (Å²) in [6.45, 7) is 3.32. The minimum Gasteiger partial charge on any atom is -0.491 e. The number of thiophene rings is 1. The molecule has 2 aliphatic carbocycles. The number of benzene rings is 2. The number of nitrogens with zero attached hydrogens (tertiary/aromatic N) is 4. The van der Waals surface area contributed by atoms with E-state index in [1.165, 1.54) is 9.58 Å². The fraction of sp³-hybridized carbons (Fsp3) is 0.385. The molecule has 0 spiro atoms. The number of aliphatic hydroxyl groups excluding tert-OH is 1. The molecule has 4 heterocycles.